The molecule has 0 heterocycles. The number of halogens is 1. The highest BCUT2D eigenvalue weighted by Crippen LogP contribution is 2.41. The van der Waals surface area contributed by atoms with Crippen LogP contribution in [0, 0.1) is 6.08 Å². The molecule has 61 valence electrons. The van der Waals surface area contributed by atoms with Crippen LogP contribution in [0.2, 0.25) is 0 Å². The normalized spacial score (nSPS) is 16.1. The van der Waals surface area contributed by atoms with E-state index in [0.29, 0.717) is 0 Å². The molecule has 0 N–H and O–H groups in total. The third kappa shape index (κ3) is 1.61. The fourth-order valence-electron chi connectivity index (χ4n) is 1.37. The lowest BCUT2D eigenvalue weighted by Crippen LogP contribution is -1.82. The summed E-state index contributed by atoms with van der Waals surface area (Å²) in [6, 6.07) is 6.41. The van der Waals surface area contributed by atoms with Crippen molar-refractivity contribution in [1.29, 1.82) is 0 Å². The Balaban J connectivity index is 2.40. The van der Waals surface area contributed by atoms with Gasteiger partial charge in [0.25, 0.3) is 0 Å². The highest BCUT2D eigenvalue weighted by atomic mass is 79.9. The van der Waals surface area contributed by atoms with Crippen molar-refractivity contribution in [2.75, 3.05) is 0 Å². The average Bonchev–Trinajstić information content (AvgIpc) is 2.85. The first-order valence-electron chi connectivity index (χ1n) is 4.13. The van der Waals surface area contributed by atoms with Crippen molar-refractivity contribution in [2.24, 2.45) is 0 Å². The minimum absolute atomic E-state index is 0.801. The van der Waals surface area contributed by atoms with E-state index in [9.17, 15) is 0 Å². The molecule has 0 unspecified atom stereocenters. The molecule has 1 aliphatic carbocycles. The van der Waals surface area contributed by atoms with Crippen LogP contribution in [0.4, 0.5) is 0 Å². The summed E-state index contributed by atoms with van der Waals surface area (Å²) in [5.41, 5.74) is 2.52. The molecule has 0 saturated heterocycles. The van der Waals surface area contributed by atoms with E-state index in [2.05, 4.69) is 40.7 Å². The van der Waals surface area contributed by atoms with Crippen LogP contribution in [0.1, 0.15) is 29.9 Å². The van der Waals surface area contributed by atoms with Crippen molar-refractivity contribution in [3.63, 3.8) is 0 Å². The van der Waals surface area contributed by atoms with Gasteiger partial charge in [-0.05, 0) is 48.1 Å². The van der Waals surface area contributed by atoms with E-state index in [1.165, 1.54) is 18.4 Å². The molecule has 1 heteroatoms. The number of rotatable bonds is 2. The zero-order chi connectivity index (χ0) is 8.55. The molecule has 2 rings (SSSR count). The molecule has 0 bridgehead atoms. The number of hydrogen-bond donors (Lipinski definition) is 0. The van der Waals surface area contributed by atoms with E-state index in [-0.39, 0.29) is 0 Å². The van der Waals surface area contributed by atoms with E-state index >= 15 is 0 Å². The smallest absolute Gasteiger partial charge is 0.0184 e. The molecule has 1 fully saturated rings. The van der Waals surface area contributed by atoms with Crippen LogP contribution in [-0.4, -0.2) is 0 Å². The summed E-state index contributed by atoms with van der Waals surface area (Å²) in [6.07, 6.45) is 5.59. The van der Waals surface area contributed by atoms with Crippen LogP contribution in [0.5, 0.6) is 0 Å². The van der Waals surface area contributed by atoms with Crippen molar-refractivity contribution in [1.82, 2.24) is 0 Å². The second-order valence-electron chi connectivity index (χ2n) is 3.22. The predicted octanol–water partition coefficient (Wildman–Crippen LogP) is 3.66. The first kappa shape index (κ1) is 8.06. The lowest BCUT2D eigenvalue weighted by Gasteiger charge is -2.01. The fraction of sp³-hybridized carbons (Fsp3) is 0.273. The van der Waals surface area contributed by atoms with Crippen LogP contribution in [-0.2, 0) is 0 Å². The van der Waals surface area contributed by atoms with Crippen molar-refractivity contribution >= 4 is 15.9 Å². The molecule has 0 nitrogen and oxygen atoms in total. The molecule has 0 spiro atoms. The quantitative estimate of drug-likeness (QED) is 0.716. The van der Waals surface area contributed by atoms with Gasteiger partial charge in [-0.2, -0.15) is 0 Å². The summed E-state index contributed by atoms with van der Waals surface area (Å²) < 4.78 is 1.14. The van der Waals surface area contributed by atoms with Crippen LogP contribution >= 0.6 is 15.9 Å². The maximum atomic E-state index is 3.65. The van der Waals surface area contributed by atoms with Gasteiger partial charge in [-0.25, -0.2) is 0 Å². The highest BCUT2D eigenvalue weighted by molar-refractivity contribution is 9.10. The summed E-state index contributed by atoms with van der Waals surface area (Å²) in [4.78, 5) is 0. The van der Waals surface area contributed by atoms with Gasteiger partial charge in [-0.15, -0.1) is 0 Å². The number of hydrogen-bond acceptors (Lipinski definition) is 0. The van der Waals surface area contributed by atoms with Gasteiger partial charge < -0.3 is 0 Å². The van der Waals surface area contributed by atoms with Gasteiger partial charge >= 0.3 is 0 Å². The molecule has 1 aromatic carbocycles. The number of benzene rings is 1. The maximum absolute atomic E-state index is 3.65. The van der Waals surface area contributed by atoms with Crippen LogP contribution in [0.3, 0.4) is 0 Å². The largest absolute Gasteiger partial charge is 0.0906 e. The monoisotopic (exact) mass is 221 g/mol. The highest BCUT2D eigenvalue weighted by Gasteiger charge is 2.23. The molecule has 1 saturated carbocycles. The van der Waals surface area contributed by atoms with Crippen LogP contribution in [0.15, 0.2) is 29.3 Å². The second-order valence-corrected chi connectivity index (χ2v) is 4.14. The first-order valence-corrected chi connectivity index (χ1v) is 4.92. The van der Waals surface area contributed by atoms with E-state index in [1.807, 2.05) is 6.07 Å². The fourth-order valence-corrected chi connectivity index (χ4v) is 1.88. The van der Waals surface area contributed by atoms with Crippen LogP contribution in [0.25, 0.3) is 0 Å². The van der Waals surface area contributed by atoms with E-state index in [0.717, 1.165) is 16.0 Å². The van der Waals surface area contributed by atoms with Crippen LogP contribution < -0.4 is 0 Å². The molecule has 0 atom stereocenters. The van der Waals surface area contributed by atoms with Crippen molar-refractivity contribution < 1.29 is 0 Å². The Kier molecular flexibility index (Phi) is 2.05. The average molecular weight is 222 g/mol. The molecule has 1 aliphatic rings. The molecule has 12 heavy (non-hydrogen) atoms. The minimum Gasteiger partial charge on any atom is -0.0906 e. The molecular weight excluding hydrogens is 212 g/mol. The minimum atomic E-state index is 0.801. The van der Waals surface area contributed by atoms with Crippen molar-refractivity contribution in [3.8, 4) is 0 Å². The second kappa shape index (κ2) is 3.06. The maximum Gasteiger partial charge on any atom is 0.0184 e. The topological polar surface area (TPSA) is 0 Å². The van der Waals surface area contributed by atoms with E-state index in [4.69, 9.17) is 0 Å². The standard InChI is InChI=1S/C11H10Br/c1-2-8-5-10(9-3-4-9)7-11(12)6-8/h5-7,9H,1,3-4H2. The first-order chi connectivity index (χ1) is 5.79. The Bertz CT molecular complexity index is 311. The van der Waals surface area contributed by atoms with E-state index in [1.54, 1.807) is 0 Å². The van der Waals surface area contributed by atoms with Gasteiger partial charge in [-0.1, -0.05) is 28.6 Å². The van der Waals surface area contributed by atoms with E-state index < -0.39 is 0 Å². The van der Waals surface area contributed by atoms with Gasteiger partial charge in [0.2, 0.25) is 0 Å². The predicted molar refractivity (Wildman–Crippen MR) is 54.1 cm³/mol. The van der Waals surface area contributed by atoms with Gasteiger partial charge in [0.05, 0.1) is 0 Å². The zero-order valence-corrected chi connectivity index (χ0v) is 8.39. The van der Waals surface area contributed by atoms with Gasteiger partial charge in [-0.3, -0.25) is 0 Å². The Morgan fingerprint density at radius 1 is 1.33 bits per heavy atom. The third-order valence-electron chi connectivity index (χ3n) is 2.17. The molecule has 0 aliphatic heterocycles. The Morgan fingerprint density at radius 2 is 2.08 bits per heavy atom. The lowest BCUT2D eigenvalue weighted by molar-refractivity contribution is 1.12. The molecule has 0 aromatic heterocycles. The lowest BCUT2D eigenvalue weighted by atomic mass is 10.1. The molecule has 1 aromatic rings. The summed E-state index contributed by atoms with van der Waals surface area (Å²) in [6.45, 7) is 3.65. The summed E-state index contributed by atoms with van der Waals surface area (Å²) in [5, 5.41) is 0. The molecule has 0 amide bonds. The van der Waals surface area contributed by atoms with Crippen molar-refractivity contribution in [3.05, 3.63) is 46.5 Å². The Morgan fingerprint density at radius 3 is 2.67 bits per heavy atom. The Hall–Kier alpha value is -0.560. The van der Waals surface area contributed by atoms with Crippen molar-refractivity contribution in [2.45, 2.75) is 18.8 Å². The summed E-state index contributed by atoms with van der Waals surface area (Å²) in [7, 11) is 0. The molecular formula is C11H10Br. The summed E-state index contributed by atoms with van der Waals surface area (Å²) >= 11 is 3.48. The van der Waals surface area contributed by atoms with Gasteiger partial charge in [0.1, 0.15) is 0 Å². The SMILES string of the molecule is C=[C]c1cc(Br)cc(C2CC2)c1. The summed E-state index contributed by atoms with van der Waals surface area (Å²) in [5.74, 6) is 0.801. The third-order valence-corrected chi connectivity index (χ3v) is 2.63. The van der Waals surface area contributed by atoms with Gasteiger partial charge in [0, 0.05) is 4.47 Å². The Labute approximate surface area is 81.4 Å². The molecule has 1 radical (unpaired) electrons. The van der Waals surface area contributed by atoms with Gasteiger partial charge in [0.15, 0.2) is 0 Å². The zero-order valence-electron chi connectivity index (χ0n) is 6.81.